The molecule has 4 nitrogen and oxygen atoms in total. The summed E-state index contributed by atoms with van der Waals surface area (Å²) in [5.74, 6) is -0.878. The molecule has 0 aromatic carbocycles. The minimum absolute atomic E-state index is 0.0982. The van der Waals surface area contributed by atoms with Crippen LogP contribution >= 0.6 is 0 Å². The molecule has 2 heterocycles. The van der Waals surface area contributed by atoms with Gasteiger partial charge in [-0.15, -0.1) is 0 Å². The van der Waals surface area contributed by atoms with Gasteiger partial charge in [0.1, 0.15) is 0 Å². The molecular weight excluding hydrogens is 228 g/mol. The first-order valence-corrected chi connectivity index (χ1v) is 5.84. The summed E-state index contributed by atoms with van der Waals surface area (Å²) in [5.41, 5.74) is 3.22. The minimum Gasteiger partial charge on any atom is -0.478 e. The average Bonchev–Trinajstić information content (AvgIpc) is 2.65. The van der Waals surface area contributed by atoms with Gasteiger partial charge in [-0.2, -0.15) is 0 Å². The van der Waals surface area contributed by atoms with Crippen LogP contribution in [0.5, 0.6) is 0 Å². The van der Waals surface area contributed by atoms with Gasteiger partial charge in [-0.05, 0) is 44.5 Å². The van der Waals surface area contributed by atoms with E-state index in [1.807, 2.05) is 30.5 Å². The molecule has 0 bridgehead atoms. The van der Waals surface area contributed by atoms with E-state index in [9.17, 15) is 4.79 Å². The number of rotatable bonds is 3. The molecule has 0 saturated heterocycles. The third-order valence-corrected chi connectivity index (χ3v) is 3.29. The van der Waals surface area contributed by atoms with Gasteiger partial charge in [-0.25, -0.2) is 4.79 Å². The summed E-state index contributed by atoms with van der Waals surface area (Å²) in [6.07, 6.45) is 3.50. The van der Waals surface area contributed by atoms with Crippen molar-refractivity contribution in [3.8, 4) is 0 Å². The maximum Gasteiger partial charge on any atom is 0.337 e. The number of hydrogen-bond donors (Lipinski definition) is 1. The Kier molecular flexibility index (Phi) is 3.19. The second-order valence-electron chi connectivity index (χ2n) is 4.42. The van der Waals surface area contributed by atoms with E-state index in [-0.39, 0.29) is 6.04 Å². The molecule has 0 aliphatic heterocycles. The predicted molar refractivity (Wildman–Crippen MR) is 68.9 cm³/mol. The zero-order chi connectivity index (χ0) is 13.3. The topological polar surface area (TPSA) is 55.1 Å². The predicted octanol–water partition coefficient (Wildman–Crippen LogP) is 2.81. The number of carboxylic acids is 1. The fourth-order valence-corrected chi connectivity index (χ4v) is 2.38. The molecule has 18 heavy (non-hydrogen) atoms. The summed E-state index contributed by atoms with van der Waals surface area (Å²) in [7, 11) is 0. The van der Waals surface area contributed by atoms with Crippen LogP contribution in [0.3, 0.4) is 0 Å². The number of pyridine rings is 1. The van der Waals surface area contributed by atoms with Crippen LogP contribution in [-0.4, -0.2) is 20.6 Å². The maximum absolute atomic E-state index is 11.1. The lowest BCUT2D eigenvalue weighted by atomic mass is 10.1. The van der Waals surface area contributed by atoms with Gasteiger partial charge in [0.25, 0.3) is 0 Å². The van der Waals surface area contributed by atoms with Crippen LogP contribution < -0.4 is 0 Å². The van der Waals surface area contributed by atoms with E-state index in [0.717, 1.165) is 17.0 Å². The van der Waals surface area contributed by atoms with Gasteiger partial charge in [0.15, 0.2) is 0 Å². The van der Waals surface area contributed by atoms with Crippen molar-refractivity contribution in [1.29, 1.82) is 0 Å². The van der Waals surface area contributed by atoms with Crippen molar-refractivity contribution in [2.45, 2.75) is 26.8 Å². The molecule has 94 valence electrons. The van der Waals surface area contributed by atoms with Crippen LogP contribution in [0.1, 0.15) is 40.3 Å². The molecule has 0 spiro atoms. The maximum atomic E-state index is 11.1. The first-order chi connectivity index (χ1) is 8.52. The molecule has 2 aromatic heterocycles. The third kappa shape index (κ3) is 2.01. The second kappa shape index (κ2) is 4.64. The Bertz CT molecular complexity index is 573. The van der Waals surface area contributed by atoms with Crippen molar-refractivity contribution in [3.05, 3.63) is 53.1 Å². The minimum atomic E-state index is -0.878. The molecule has 0 radical (unpaired) electrons. The molecule has 1 N–H and O–H groups in total. The molecule has 0 aliphatic carbocycles. The van der Waals surface area contributed by atoms with Crippen molar-refractivity contribution in [2.75, 3.05) is 0 Å². The molecule has 2 rings (SSSR count). The highest BCUT2D eigenvalue weighted by Gasteiger charge is 2.18. The first-order valence-electron chi connectivity index (χ1n) is 5.84. The molecule has 0 aliphatic rings. The van der Waals surface area contributed by atoms with Gasteiger partial charge >= 0.3 is 5.97 Å². The Balaban J connectivity index is 2.49. The van der Waals surface area contributed by atoms with Crippen molar-refractivity contribution in [2.24, 2.45) is 0 Å². The van der Waals surface area contributed by atoms with E-state index in [2.05, 4.69) is 11.9 Å². The lowest BCUT2D eigenvalue weighted by Gasteiger charge is -2.18. The Labute approximate surface area is 106 Å². The number of aromatic carboxylic acids is 1. The summed E-state index contributed by atoms with van der Waals surface area (Å²) >= 11 is 0. The molecule has 2 aromatic rings. The average molecular weight is 244 g/mol. The highest BCUT2D eigenvalue weighted by Crippen LogP contribution is 2.25. The van der Waals surface area contributed by atoms with Crippen molar-refractivity contribution in [3.63, 3.8) is 0 Å². The number of aromatic nitrogens is 2. The van der Waals surface area contributed by atoms with Crippen molar-refractivity contribution < 1.29 is 9.90 Å². The van der Waals surface area contributed by atoms with Crippen LogP contribution in [0.4, 0.5) is 0 Å². The van der Waals surface area contributed by atoms with E-state index >= 15 is 0 Å². The van der Waals surface area contributed by atoms with E-state index in [0.29, 0.717) is 5.56 Å². The number of carbonyl (C=O) groups is 1. The molecule has 0 amide bonds. The van der Waals surface area contributed by atoms with E-state index < -0.39 is 5.97 Å². The molecule has 0 fully saturated rings. The van der Waals surface area contributed by atoms with E-state index in [1.165, 1.54) is 0 Å². The largest absolute Gasteiger partial charge is 0.478 e. The lowest BCUT2D eigenvalue weighted by molar-refractivity contribution is 0.0696. The number of aryl methyl sites for hydroxylation is 1. The number of nitrogens with zero attached hydrogens (tertiary/aromatic N) is 2. The van der Waals surface area contributed by atoms with Crippen molar-refractivity contribution >= 4 is 5.97 Å². The van der Waals surface area contributed by atoms with Crippen LogP contribution in [0.15, 0.2) is 30.6 Å². The quantitative estimate of drug-likeness (QED) is 0.903. The third-order valence-electron chi connectivity index (χ3n) is 3.29. The van der Waals surface area contributed by atoms with E-state index in [1.54, 1.807) is 18.5 Å². The Morgan fingerprint density at radius 2 is 1.94 bits per heavy atom. The van der Waals surface area contributed by atoms with Crippen LogP contribution in [0.25, 0.3) is 0 Å². The Hall–Kier alpha value is -2.10. The Morgan fingerprint density at radius 3 is 2.44 bits per heavy atom. The highest BCUT2D eigenvalue weighted by atomic mass is 16.4. The summed E-state index contributed by atoms with van der Waals surface area (Å²) in [4.78, 5) is 15.1. The zero-order valence-corrected chi connectivity index (χ0v) is 10.7. The normalized spacial score (nSPS) is 12.4. The fourth-order valence-electron chi connectivity index (χ4n) is 2.38. The van der Waals surface area contributed by atoms with Gasteiger partial charge in [-0.3, -0.25) is 4.98 Å². The molecular formula is C14H16N2O2. The van der Waals surface area contributed by atoms with Gasteiger partial charge in [0, 0.05) is 23.8 Å². The summed E-state index contributed by atoms with van der Waals surface area (Å²) in [5, 5.41) is 9.13. The smallest absolute Gasteiger partial charge is 0.337 e. The van der Waals surface area contributed by atoms with Crippen LogP contribution in [-0.2, 0) is 0 Å². The van der Waals surface area contributed by atoms with Crippen LogP contribution in [0.2, 0.25) is 0 Å². The molecule has 4 heteroatoms. The summed E-state index contributed by atoms with van der Waals surface area (Å²) in [6.45, 7) is 5.83. The van der Waals surface area contributed by atoms with Crippen LogP contribution in [0, 0.1) is 13.8 Å². The monoisotopic (exact) mass is 244 g/mol. The first kappa shape index (κ1) is 12.4. The number of carboxylic acid groups (broad SMARTS) is 1. The van der Waals surface area contributed by atoms with Crippen molar-refractivity contribution in [1.82, 2.24) is 9.55 Å². The summed E-state index contributed by atoms with van der Waals surface area (Å²) < 4.78 is 2.04. The van der Waals surface area contributed by atoms with Gasteiger partial charge < -0.3 is 9.67 Å². The van der Waals surface area contributed by atoms with E-state index in [4.69, 9.17) is 5.11 Å². The molecule has 1 atom stereocenters. The number of hydrogen-bond acceptors (Lipinski definition) is 2. The van der Waals surface area contributed by atoms with Gasteiger partial charge in [0.2, 0.25) is 0 Å². The zero-order valence-electron chi connectivity index (χ0n) is 10.7. The molecule has 1 unspecified atom stereocenters. The van der Waals surface area contributed by atoms with Gasteiger partial charge in [0.05, 0.1) is 11.6 Å². The Morgan fingerprint density at radius 1 is 1.33 bits per heavy atom. The fraction of sp³-hybridized carbons (Fsp3) is 0.286. The molecule has 0 saturated carbocycles. The highest BCUT2D eigenvalue weighted by molar-refractivity contribution is 5.89. The SMILES string of the molecule is Cc1cc(C(=O)O)c(C)n1C(C)c1ccncc1. The summed E-state index contributed by atoms with van der Waals surface area (Å²) in [6, 6.07) is 5.71. The lowest BCUT2D eigenvalue weighted by Crippen LogP contribution is -2.11. The van der Waals surface area contributed by atoms with Gasteiger partial charge in [-0.1, -0.05) is 0 Å². The second-order valence-corrected chi connectivity index (χ2v) is 4.42. The standard InChI is InChI=1S/C14H16N2O2/c1-9-8-13(14(17)18)11(3)16(9)10(2)12-4-6-15-7-5-12/h4-8,10H,1-3H3,(H,17,18).